The molecule has 0 aromatic heterocycles. The second-order valence-electron chi connectivity index (χ2n) is 3.99. The Morgan fingerprint density at radius 1 is 1.36 bits per heavy atom. The fourth-order valence-electron chi connectivity index (χ4n) is 1.63. The number of carbonyl (C=O) groups is 1. The summed E-state index contributed by atoms with van der Waals surface area (Å²) in [6.07, 6.45) is 4.75. The third-order valence-corrected chi connectivity index (χ3v) is 2.62. The van der Waals surface area contributed by atoms with Gasteiger partial charge in [0.05, 0.1) is 0 Å². The van der Waals surface area contributed by atoms with E-state index in [1.165, 1.54) is 12.8 Å². The number of carbonyl (C=O) groups excluding carboxylic acids is 1. The summed E-state index contributed by atoms with van der Waals surface area (Å²) in [6, 6.07) is 0.121. The molecule has 1 unspecified atom stereocenters. The van der Waals surface area contributed by atoms with E-state index in [1.54, 1.807) is 0 Å². The average Bonchev–Trinajstić information content (AvgIpc) is 2.45. The average molecular weight is 199 g/mol. The van der Waals surface area contributed by atoms with Crippen LogP contribution in [0.15, 0.2) is 0 Å². The van der Waals surface area contributed by atoms with Crippen LogP contribution in [0.2, 0.25) is 0 Å². The normalized spacial score (nSPS) is 20.0. The molecule has 1 fully saturated rings. The summed E-state index contributed by atoms with van der Waals surface area (Å²) in [7, 11) is 0. The Morgan fingerprint density at radius 3 is 2.43 bits per heavy atom. The van der Waals surface area contributed by atoms with Crippen LogP contribution in [0.25, 0.3) is 0 Å². The number of likely N-dealkylation sites (tertiary alicyclic amines) is 1. The summed E-state index contributed by atoms with van der Waals surface area (Å²) >= 11 is 0. The van der Waals surface area contributed by atoms with Crippen molar-refractivity contribution in [2.45, 2.75) is 38.6 Å². The fraction of sp³-hybridized carbons (Fsp3) is 0.900. The number of nitrogens with one attached hydrogen (secondary N) is 1. The van der Waals surface area contributed by atoms with Crippen LogP contribution in [0.4, 0.5) is 4.79 Å². The van der Waals surface area contributed by atoms with E-state index in [0.29, 0.717) is 6.54 Å². The summed E-state index contributed by atoms with van der Waals surface area (Å²) in [5, 5.41) is 2.89. The fourth-order valence-corrected chi connectivity index (χ4v) is 1.63. The van der Waals surface area contributed by atoms with Crippen molar-refractivity contribution in [2.24, 2.45) is 5.73 Å². The summed E-state index contributed by atoms with van der Waals surface area (Å²) in [6.45, 7) is 4.21. The molecular weight excluding hydrogens is 178 g/mol. The molecule has 0 radical (unpaired) electrons. The van der Waals surface area contributed by atoms with Crippen LogP contribution >= 0.6 is 0 Å². The molecule has 1 aliphatic rings. The molecule has 82 valence electrons. The number of rotatable bonds is 2. The highest BCUT2D eigenvalue weighted by Crippen LogP contribution is 2.09. The van der Waals surface area contributed by atoms with Crippen molar-refractivity contribution in [3.8, 4) is 0 Å². The van der Waals surface area contributed by atoms with Crippen molar-refractivity contribution in [1.82, 2.24) is 10.2 Å². The van der Waals surface area contributed by atoms with Gasteiger partial charge >= 0.3 is 6.03 Å². The summed E-state index contributed by atoms with van der Waals surface area (Å²) in [5.41, 5.74) is 5.45. The van der Waals surface area contributed by atoms with Crippen LogP contribution in [-0.4, -0.2) is 36.6 Å². The van der Waals surface area contributed by atoms with E-state index in [4.69, 9.17) is 5.73 Å². The third kappa shape index (κ3) is 3.54. The van der Waals surface area contributed by atoms with E-state index in [2.05, 4.69) is 5.32 Å². The zero-order valence-electron chi connectivity index (χ0n) is 8.96. The van der Waals surface area contributed by atoms with Crippen molar-refractivity contribution in [2.75, 3.05) is 19.6 Å². The molecule has 0 aliphatic carbocycles. The Morgan fingerprint density at radius 2 is 1.93 bits per heavy atom. The molecule has 1 rings (SSSR count). The van der Waals surface area contributed by atoms with E-state index < -0.39 is 0 Å². The molecule has 0 saturated carbocycles. The third-order valence-electron chi connectivity index (χ3n) is 2.62. The van der Waals surface area contributed by atoms with Crippen LogP contribution in [0.1, 0.15) is 32.6 Å². The van der Waals surface area contributed by atoms with Crippen LogP contribution in [0, 0.1) is 0 Å². The monoisotopic (exact) mass is 199 g/mol. The van der Waals surface area contributed by atoms with Crippen LogP contribution < -0.4 is 11.1 Å². The maximum Gasteiger partial charge on any atom is 0.317 e. The molecule has 1 aliphatic heterocycles. The van der Waals surface area contributed by atoms with Gasteiger partial charge in [-0.1, -0.05) is 12.8 Å². The molecule has 0 aromatic carbocycles. The molecule has 14 heavy (non-hydrogen) atoms. The van der Waals surface area contributed by atoms with Crippen LogP contribution in [-0.2, 0) is 0 Å². The highest BCUT2D eigenvalue weighted by atomic mass is 16.2. The van der Waals surface area contributed by atoms with Gasteiger partial charge in [0.15, 0.2) is 0 Å². The summed E-state index contributed by atoms with van der Waals surface area (Å²) in [4.78, 5) is 13.6. The lowest BCUT2D eigenvalue weighted by Gasteiger charge is -2.22. The van der Waals surface area contributed by atoms with E-state index in [1.807, 2.05) is 11.8 Å². The maximum atomic E-state index is 11.7. The topological polar surface area (TPSA) is 58.4 Å². The lowest BCUT2D eigenvalue weighted by Crippen LogP contribution is -2.46. The Kier molecular flexibility index (Phi) is 4.73. The first-order chi connectivity index (χ1) is 6.74. The summed E-state index contributed by atoms with van der Waals surface area (Å²) < 4.78 is 0. The first-order valence-electron chi connectivity index (χ1n) is 5.49. The van der Waals surface area contributed by atoms with Gasteiger partial charge in [-0.2, -0.15) is 0 Å². The first-order valence-corrected chi connectivity index (χ1v) is 5.49. The second-order valence-corrected chi connectivity index (χ2v) is 3.99. The van der Waals surface area contributed by atoms with Crippen molar-refractivity contribution >= 4 is 6.03 Å². The van der Waals surface area contributed by atoms with Gasteiger partial charge in [-0.25, -0.2) is 4.79 Å². The van der Waals surface area contributed by atoms with Gasteiger partial charge in [0, 0.05) is 25.7 Å². The van der Waals surface area contributed by atoms with Gasteiger partial charge in [0.2, 0.25) is 0 Å². The molecule has 0 aromatic rings. The van der Waals surface area contributed by atoms with Gasteiger partial charge in [0.1, 0.15) is 0 Å². The Hall–Kier alpha value is -0.770. The van der Waals surface area contributed by atoms with Crippen molar-refractivity contribution in [3.63, 3.8) is 0 Å². The van der Waals surface area contributed by atoms with Crippen molar-refractivity contribution in [3.05, 3.63) is 0 Å². The molecule has 3 N–H and O–H groups in total. The largest absolute Gasteiger partial charge is 0.334 e. The van der Waals surface area contributed by atoms with E-state index in [0.717, 1.165) is 25.9 Å². The minimum absolute atomic E-state index is 0.0462. The standard InChI is InChI=1S/C10H21N3O/c1-9(8-11)12-10(14)13-6-4-2-3-5-7-13/h9H,2-8,11H2,1H3,(H,12,14). The SMILES string of the molecule is CC(CN)NC(=O)N1CCCCCC1. The minimum atomic E-state index is 0.0462. The van der Waals surface area contributed by atoms with Crippen molar-refractivity contribution < 1.29 is 4.79 Å². The number of nitrogens with zero attached hydrogens (tertiary/aromatic N) is 1. The zero-order chi connectivity index (χ0) is 10.4. The quantitative estimate of drug-likeness (QED) is 0.694. The van der Waals surface area contributed by atoms with Gasteiger partial charge < -0.3 is 16.0 Å². The van der Waals surface area contributed by atoms with Crippen molar-refractivity contribution in [1.29, 1.82) is 0 Å². The number of amides is 2. The van der Waals surface area contributed by atoms with Gasteiger partial charge in [-0.05, 0) is 19.8 Å². The van der Waals surface area contributed by atoms with Crippen LogP contribution in [0.5, 0.6) is 0 Å². The van der Waals surface area contributed by atoms with Gasteiger partial charge in [-0.3, -0.25) is 0 Å². The molecular formula is C10H21N3O. The Bertz CT molecular complexity index is 176. The first kappa shape index (κ1) is 11.3. The Balaban J connectivity index is 2.34. The number of nitrogens with two attached hydrogens (primary N) is 1. The highest BCUT2D eigenvalue weighted by Gasteiger charge is 2.16. The molecule has 0 spiro atoms. The van der Waals surface area contributed by atoms with E-state index in [9.17, 15) is 4.79 Å². The highest BCUT2D eigenvalue weighted by molar-refractivity contribution is 5.74. The molecule has 4 nitrogen and oxygen atoms in total. The smallest absolute Gasteiger partial charge is 0.317 e. The molecule has 1 saturated heterocycles. The second kappa shape index (κ2) is 5.86. The molecule has 2 amide bonds. The maximum absolute atomic E-state index is 11.7. The zero-order valence-corrected chi connectivity index (χ0v) is 8.96. The molecule has 1 heterocycles. The predicted octanol–water partition coefficient (Wildman–Crippen LogP) is 0.919. The number of urea groups is 1. The molecule has 1 atom stereocenters. The number of hydrogen-bond donors (Lipinski definition) is 2. The molecule has 4 heteroatoms. The van der Waals surface area contributed by atoms with E-state index >= 15 is 0 Å². The van der Waals surface area contributed by atoms with Gasteiger partial charge in [0.25, 0.3) is 0 Å². The number of hydrogen-bond acceptors (Lipinski definition) is 2. The summed E-state index contributed by atoms with van der Waals surface area (Å²) in [5.74, 6) is 0. The minimum Gasteiger partial charge on any atom is -0.334 e. The van der Waals surface area contributed by atoms with E-state index in [-0.39, 0.29) is 12.1 Å². The lowest BCUT2D eigenvalue weighted by atomic mass is 10.2. The molecule has 0 bridgehead atoms. The Labute approximate surface area is 85.8 Å². The lowest BCUT2D eigenvalue weighted by molar-refractivity contribution is 0.196. The predicted molar refractivity (Wildman–Crippen MR) is 57.1 cm³/mol. The van der Waals surface area contributed by atoms with Gasteiger partial charge in [-0.15, -0.1) is 0 Å². The van der Waals surface area contributed by atoms with Crippen LogP contribution in [0.3, 0.4) is 0 Å².